The molecule has 0 spiro atoms. The summed E-state index contributed by atoms with van der Waals surface area (Å²) < 4.78 is 14.1. The predicted octanol–water partition coefficient (Wildman–Crippen LogP) is 2.14. The summed E-state index contributed by atoms with van der Waals surface area (Å²) >= 11 is 10.5. The van der Waals surface area contributed by atoms with Crippen LogP contribution in [-0.2, 0) is 23.8 Å². The summed E-state index contributed by atoms with van der Waals surface area (Å²) in [6.07, 6.45) is -0.945. The van der Waals surface area contributed by atoms with Gasteiger partial charge in [-0.1, -0.05) is 23.2 Å². The highest BCUT2D eigenvalue weighted by Crippen LogP contribution is 2.09. The molecular formula is C12H19Cl2NO6. The molecule has 0 aliphatic carbocycles. The standard InChI is InChI=1S/C12H19Cl2NO6/c1-12(2,3)21-11(18)15-8(10(17)20-7-14)4-5-9(16)19-6-13/h8H,4-7H2,1-3H3,(H,15,18)/t8-/m0/s1. The molecule has 0 heterocycles. The average molecular weight is 344 g/mol. The van der Waals surface area contributed by atoms with Gasteiger partial charge in [-0.25, -0.2) is 9.59 Å². The Morgan fingerprint density at radius 1 is 1.10 bits per heavy atom. The number of nitrogens with one attached hydrogen (secondary N) is 1. The van der Waals surface area contributed by atoms with Gasteiger partial charge in [0.2, 0.25) is 0 Å². The number of halogens is 2. The molecule has 0 unspecified atom stereocenters. The molecule has 0 radical (unpaired) electrons. The van der Waals surface area contributed by atoms with Crippen LogP contribution in [0.2, 0.25) is 0 Å². The highest BCUT2D eigenvalue weighted by Gasteiger charge is 2.26. The zero-order valence-corrected chi connectivity index (χ0v) is 13.6. The molecule has 0 aromatic rings. The van der Waals surface area contributed by atoms with Gasteiger partial charge in [-0.3, -0.25) is 4.79 Å². The molecule has 0 aromatic carbocycles. The summed E-state index contributed by atoms with van der Waals surface area (Å²) in [5.41, 5.74) is -0.720. The van der Waals surface area contributed by atoms with Crippen LogP contribution in [0.25, 0.3) is 0 Å². The van der Waals surface area contributed by atoms with E-state index in [0.717, 1.165) is 0 Å². The minimum Gasteiger partial charge on any atom is -0.449 e. The van der Waals surface area contributed by atoms with Crippen molar-refractivity contribution in [1.29, 1.82) is 0 Å². The quantitative estimate of drug-likeness (QED) is 0.432. The van der Waals surface area contributed by atoms with Gasteiger partial charge in [-0.15, -0.1) is 0 Å². The lowest BCUT2D eigenvalue weighted by atomic mass is 10.1. The van der Waals surface area contributed by atoms with Crippen molar-refractivity contribution >= 4 is 41.2 Å². The smallest absolute Gasteiger partial charge is 0.408 e. The second-order valence-corrected chi connectivity index (χ2v) is 5.37. The Morgan fingerprint density at radius 3 is 2.14 bits per heavy atom. The van der Waals surface area contributed by atoms with Crippen LogP contribution in [0.5, 0.6) is 0 Å². The van der Waals surface area contributed by atoms with Crippen LogP contribution in [0.4, 0.5) is 4.79 Å². The fourth-order valence-corrected chi connectivity index (χ4v) is 1.48. The third-order valence-electron chi connectivity index (χ3n) is 2.02. The Bertz CT molecular complexity index is 369. The van der Waals surface area contributed by atoms with Gasteiger partial charge in [0.1, 0.15) is 11.6 Å². The van der Waals surface area contributed by atoms with E-state index < -0.39 is 29.7 Å². The summed E-state index contributed by atoms with van der Waals surface area (Å²) in [4.78, 5) is 34.5. The number of hydrogen-bond acceptors (Lipinski definition) is 6. The molecule has 1 amide bonds. The van der Waals surface area contributed by atoms with Crippen LogP contribution in [0.1, 0.15) is 33.6 Å². The number of ether oxygens (including phenoxy) is 3. The molecule has 0 saturated carbocycles. The van der Waals surface area contributed by atoms with E-state index in [-0.39, 0.29) is 25.0 Å². The molecule has 7 nitrogen and oxygen atoms in total. The molecule has 0 saturated heterocycles. The number of hydrogen-bond donors (Lipinski definition) is 1. The second kappa shape index (κ2) is 9.68. The predicted molar refractivity (Wildman–Crippen MR) is 76.0 cm³/mol. The highest BCUT2D eigenvalue weighted by atomic mass is 35.5. The van der Waals surface area contributed by atoms with Crippen molar-refractivity contribution in [3.05, 3.63) is 0 Å². The molecule has 0 bridgehead atoms. The van der Waals surface area contributed by atoms with E-state index in [0.29, 0.717) is 0 Å². The summed E-state index contributed by atoms with van der Waals surface area (Å²) in [5.74, 6) is -1.37. The van der Waals surface area contributed by atoms with Crippen LogP contribution in [0, 0.1) is 0 Å². The van der Waals surface area contributed by atoms with E-state index in [9.17, 15) is 14.4 Å². The minimum absolute atomic E-state index is 0.0231. The zero-order valence-electron chi connectivity index (χ0n) is 12.1. The van der Waals surface area contributed by atoms with Crippen LogP contribution < -0.4 is 5.32 Å². The molecule has 0 rings (SSSR count). The molecule has 1 N–H and O–H groups in total. The zero-order chi connectivity index (χ0) is 16.5. The first kappa shape index (κ1) is 19.8. The van der Waals surface area contributed by atoms with Crippen molar-refractivity contribution in [2.24, 2.45) is 0 Å². The third-order valence-corrected chi connectivity index (χ3v) is 2.24. The lowest BCUT2D eigenvalue weighted by Gasteiger charge is -2.22. The van der Waals surface area contributed by atoms with Gasteiger partial charge in [0.05, 0.1) is 0 Å². The van der Waals surface area contributed by atoms with E-state index in [4.69, 9.17) is 27.9 Å². The van der Waals surface area contributed by atoms with E-state index in [2.05, 4.69) is 14.8 Å². The van der Waals surface area contributed by atoms with Gasteiger partial charge in [0.15, 0.2) is 12.1 Å². The van der Waals surface area contributed by atoms with E-state index in [1.165, 1.54) is 0 Å². The third kappa shape index (κ3) is 10.2. The first-order valence-corrected chi connectivity index (χ1v) is 7.20. The van der Waals surface area contributed by atoms with Crippen LogP contribution in [0.15, 0.2) is 0 Å². The first-order chi connectivity index (χ1) is 9.69. The molecule has 0 fully saturated rings. The maximum absolute atomic E-state index is 11.7. The lowest BCUT2D eigenvalue weighted by Crippen LogP contribution is -2.44. The normalized spacial score (nSPS) is 12.2. The van der Waals surface area contributed by atoms with Crippen molar-refractivity contribution in [3.63, 3.8) is 0 Å². The van der Waals surface area contributed by atoms with Gasteiger partial charge in [0, 0.05) is 6.42 Å². The maximum atomic E-state index is 11.7. The van der Waals surface area contributed by atoms with Gasteiger partial charge >= 0.3 is 18.0 Å². The minimum atomic E-state index is -1.07. The fraction of sp³-hybridized carbons (Fsp3) is 0.750. The summed E-state index contributed by atoms with van der Waals surface area (Å²) in [6.45, 7) is 5.03. The van der Waals surface area contributed by atoms with Crippen LogP contribution in [-0.4, -0.2) is 41.8 Å². The SMILES string of the molecule is CC(C)(C)OC(=O)N[C@@H](CCC(=O)OCCl)C(=O)OCCl. The number of amides is 1. The molecule has 1 atom stereocenters. The van der Waals surface area contributed by atoms with Crippen molar-refractivity contribution in [3.8, 4) is 0 Å². The van der Waals surface area contributed by atoms with Crippen molar-refractivity contribution < 1.29 is 28.6 Å². The summed E-state index contributed by atoms with van der Waals surface area (Å²) in [5, 5.41) is 2.32. The number of alkyl carbamates (subject to hydrolysis) is 1. The summed E-state index contributed by atoms with van der Waals surface area (Å²) in [7, 11) is 0. The van der Waals surface area contributed by atoms with E-state index in [1.54, 1.807) is 20.8 Å². The lowest BCUT2D eigenvalue weighted by molar-refractivity contribution is -0.145. The number of carbonyl (C=O) groups is 3. The highest BCUT2D eigenvalue weighted by molar-refractivity contribution is 6.17. The van der Waals surface area contributed by atoms with Crippen LogP contribution in [0.3, 0.4) is 0 Å². The van der Waals surface area contributed by atoms with Gasteiger partial charge in [-0.05, 0) is 27.2 Å². The molecule has 0 aliphatic rings. The molecule has 0 aliphatic heterocycles. The number of carbonyl (C=O) groups excluding carboxylic acids is 3. The molecule has 9 heteroatoms. The first-order valence-electron chi connectivity index (χ1n) is 6.13. The number of esters is 2. The average Bonchev–Trinajstić information content (AvgIpc) is 2.32. The maximum Gasteiger partial charge on any atom is 0.408 e. The van der Waals surface area contributed by atoms with E-state index >= 15 is 0 Å². The van der Waals surface area contributed by atoms with Crippen molar-refractivity contribution in [2.75, 3.05) is 12.1 Å². The summed E-state index contributed by atoms with van der Waals surface area (Å²) in [6, 6.07) is -1.71. The van der Waals surface area contributed by atoms with E-state index in [1.807, 2.05) is 0 Å². The molecular weight excluding hydrogens is 325 g/mol. The van der Waals surface area contributed by atoms with Crippen LogP contribution >= 0.6 is 23.2 Å². The Kier molecular flexibility index (Phi) is 9.12. The Balaban J connectivity index is 4.56. The van der Waals surface area contributed by atoms with Crippen molar-refractivity contribution in [1.82, 2.24) is 5.32 Å². The van der Waals surface area contributed by atoms with Crippen molar-refractivity contribution in [2.45, 2.75) is 45.3 Å². The van der Waals surface area contributed by atoms with Gasteiger partial charge < -0.3 is 19.5 Å². The second-order valence-electron chi connectivity index (χ2n) is 4.94. The van der Waals surface area contributed by atoms with Gasteiger partial charge in [0.25, 0.3) is 0 Å². The number of alkyl halides is 2. The number of rotatable bonds is 7. The molecule has 21 heavy (non-hydrogen) atoms. The Morgan fingerprint density at radius 2 is 1.67 bits per heavy atom. The monoisotopic (exact) mass is 343 g/mol. The molecule has 122 valence electrons. The topological polar surface area (TPSA) is 90.9 Å². The largest absolute Gasteiger partial charge is 0.449 e. The Hall–Kier alpha value is -1.21. The van der Waals surface area contributed by atoms with Gasteiger partial charge in [-0.2, -0.15) is 0 Å². The molecule has 0 aromatic heterocycles. The Labute approximate surface area is 133 Å². The fourth-order valence-electron chi connectivity index (χ4n) is 1.25.